The van der Waals surface area contributed by atoms with Crippen molar-refractivity contribution in [1.82, 2.24) is 10.2 Å². The van der Waals surface area contributed by atoms with E-state index in [4.69, 9.17) is 0 Å². The number of nitrogens with zero attached hydrogens (tertiary/aromatic N) is 1. The van der Waals surface area contributed by atoms with Gasteiger partial charge in [-0.25, -0.2) is 0 Å². The molecule has 0 unspecified atom stereocenters. The molecular formula is C15H28N2. The number of rotatable bonds is 4. The smallest absolute Gasteiger partial charge is 0.0134 e. The van der Waals surface area contributed by atoms with Crippen molar-refractivity contribution < 1.29 is 0 Å². The van der Waals surface area contributed by atoms with Crippen LogP contribution in [-0.4, -0.2) is 36.6 Å². The van der Waals surface area contributed by atoms with Crippen LogP contribution in [-0.2, 0) is 0 Å². The molecule has 98 valence electrons. The van der Waals surface area contributed by atoms with E-state index in [1.165, 1.54) is 51.6 Å². The summed E-state index contributed by atoms with van der Waals surface area (Å²) in [5.74, 6) is 0.949. The average Bonchev–Trinajstić information content (AvgIpc) is 2.37. The molecule has 2 atom stereocenters. The van der Waals surface area contributed by atoms with Gasteiger partial charge in [-0.3, -0.25) is 0 Å². The molecule has 1 N–H and O–H groups in total. The quantitative estimate of drug-likeness (QED) is 0.755. The van der Waals surface area contributed by atoms with Crippen LogP contribution in [0.15, 0.2) is 12.7 Å². The molecule has 17 heavy (non-hydrogen) atoms. The summed E-state index contributed by atoms with van der Waals surface area (Å²) in [5.41, 5.74) is 0. The lowest BCUT2D eigenvalue weighted by molar-refractivity contribution is 0.101. The first-order valence-corrected chi connectivity index (χ1v) is 7.38. The van der Waals surface area contributed by atoms with Gasteiger partial charge in [0.05, 0.1) is 0 Å². The van der Waals surface area contributed by atoms with Crippen molar-refractivity contribution in [1.29, 1.82) is 0 Å². The van der Waals surface area contributed by atoms with Crippen LogP contribution >= 0.6 is 0 Å². The molecule has 0 aromatic rings. The van der Waals surface area contributed by atoms with Crippen molar-refractivity contribution in [3.8, 4) is 0 Å². The lowest BCUT2D eigenvalue weighted by Crippen LogP contribution is -2.47. The highest BCUT2D eigenvalue weighted by molar-refractivity contribution is 4.85. The van der Waals surface area contributed by atoms with E-state index in [2.05, 4.69) is 23.7 Å². The summed E-state index contributed by atoms with van der Waals surface area (Å²) in [6, 6.07) is 1.62. The summed E-state index contributed by atoms with van der Waals surface area (Å²) in [5, 5.41) is 3.56. The van der Waals surface area contributed by atoms with Gasteiger partial charge in [0.25, 0.3) is 0 Å². The van der Waals surface area contributed by atoms with Gasteiger partial charge in [-0.2, -0.15) is 0 Å². The van der Waals surface area contributed by atoms with E-state index in [0.717, 1.165) is 24.5 Å². The Kier molecular flexibility index (Phi) is 5.05. The molecule has 1 saturated heterocycles. The van der Waals surface area contributed by atoms with Gasteiger partial charge in [-0.15, -0.1) is 6.58 Å². The van der Waals surface area contributed by atoms with Gasteiger partial charge in [-0.1, -0.05) is 25.8 Å². The summed E-state index contributed by atoms with van der Waals surface area (Å²) in [6.45, 7) is 9.75. The minimum atomic E-state index is 0.727. The molecule has 2 aliphatic rings. The molecule has 2 heteroatoms. The zero-order valence-corrected chi connectivity index (χ0v) is 11.3. The topological polar surface area (TPSA) is 15.3 Å². The van der Waals surface area contributed by atoms with Crippen LogP contribution < -0.4 is 5.32 Å². The highest BCUT2D eigenvalue weighted by atomic mass is 15.2. The van der Waals surface area contributed by atoms with E-state index >= 15 is 0 Å². The maximum Gasteiger partial charge on any atom is 0.0134 e. The second-order valence-corrected chi connectivity index (χ2v) is 5.93. The van der Waals surface area contributed by atoms with Crippen LogP contribution in [0.1, 0.15) is 45.4 Å². The summed E-state index contributed by atoms with van der Waals surface area (Å²) >= 11 is 0. The summed E-state index contributed by atoms with van der Waals surface area (Å²) in [4.78, 5) is 2.75. The average molecular weight is 236 g/mol. The largest absolute Gasteiger partial charge is 0.310 e. The molecule has 1 heterocycles. The van der Waals surface area contributed by atoms with E-state index < -0.39 is 0 Å². The number of hydrogen-bond donors (Lipinski definition) is 1. The Morgan fingerprint density at radius 2 is 2.00 bits per heavy atom. The third kappa shape index (κ3) is 3.82. The summed E-state index contributed by atoms with van der Waals surface area (Å²) in [6.07, 6.45) is 10.4. The summed E-state index contributed by atoms with van der Waals surface area (Å²) < 4.78 is 0. The number of piperidine rings is 1. The van der Waals surface area contributed by atoms with Gasteiger partial charge in [0, 0.05) is 18.6 Å². The Balaban J connectivity index is 1.72. The van der Waals surface area contributed by atoms with Crippen LogP contribution in [0.4, 0.5) is 0 Å². The zero-order chi connectivity index (χ0) is 12.1. The van der Waals surface area contributed by atoms with Crippen molar-refractivity contribution in [2.24, 2.45) is 5.92 Å². The standard InChI is InChI=1S/C15H28N2/c1-3-9-16-14-7-10-17(11-8-14)15-6-4-5-13(2)12-15/h3,13-16H,1,4-12H2,2H3/t13-,15+/m0/s1. The molecule has 0 radical (unpaired) electrons. The van der Waals surface area contributed by atoms with Gasteiger partial charge >= 0.3 is 0 Å². The lowest BCUT2D eigenvalue weighted by Gasteiger charge is -2.41. The van der Waals surface area contributed by atoms with Gasteiger partial charge in [0.15, 0.2) is 0 Å². The number of likely N-dealkylation sites (tertiary alicyclic amines) is 1. The fraction of sp³-hybridized carbons (Fsp3) is 0.867. The molecule has 0 spiro atoms. The fourth-order valence-electron chi connectivity index (χ4n) is 3.45. The SMILES string of the molecule is C=CCNC1CCN([C@@H]2CCC[C@H](C)C2)CC1. The molecule has 2 nitrogen and oxygen atoms in total. The first-order chi connectivity index (χ1) is 8.29. The third-order valence-electron chi connectivity index (χ3n) is 4.51. The maximum absolute atomic E-state index is 3.77. The fourth-order valence-corrected chi connectivity index (χ4v) is 3.45. The highest BCUT2D eigenvalue weighted by Crippen LogP contribution is 2.28. The van der Waals surface area contributed by atoms with Gasteiger partial charge in [-0.05, 0) is 44.7 Å². The molecule has 2 fully saturated rings. The van der Waals surface area contributed by atoms with Gasteiger partial charge in [0.2, 0.25) is 0 Å². The predicted molar refractivity (Wildman–Crippen MR) is 74.2 cm³/mol. The van der Waals surface area contributed by atoms with Gasteiger partial charge < -0.3 is 10.2 Å². The number of nitrogens with one attached hydrogen (secondary N) is 1. The van der Waals surface area contributed by atoms with E-state index in [1.807, 2.05) is 6.08 Å². The Hall–Kier alpha value is -0.340. The molecule has 0 amide bonds. The Morgan fingerprint density at radius 1 is 1.24 bits per heavy atom. The number of hydrogen-bond acceptors (Lipinski definition) is 2. The molecule has 1 saturated carbocycles. The van der Waals surface area contributed by atoms with E-state index in [1.54, 1.807) is 0 Å². The van der Waals surface area contributed by atoms with Crippen LogP contribution in [0.3, 0.4) is 0 Å². The molecule has 0 bridgehead atoms. The Bertz CT molecular complexity index is 231. The molecule has 0 aromatic carbocycles. The minimum absolute atomic E-state index is 0.727. The van der Waals surface area contributed by atoms with E-state index in [9.17, 15) is 0 Å². The van der Waals surface area contributed by atoms with Crippen LogP contribution in [0, 0.1) is 5.92 Å². The van der Waals surface area contributed by atoms with Crippen molar-refractivity contribution in [2.45, 2.75) is 57.5 Å². The zero-order valence-electron chi connectivity index (χ0n) is 11.3. The Labute approximate surface area is 106 Å². The maximum atomic E-state index is 3.77. The first-order valence-electron chi connectivity index (χ1n) is 7.38. The molecule has 1 aliphatic carbocycles. The van der Waals surface area contributed by atoms with Crippen molar-refractivity contribution in [2.75, 3.05) is 19.6 Å². The second kappa shape index (κ2) is 6.55. The second-order valence-electron chi connectivity index (χ2n) is 5.93. The normalized spacial score (nSPS) is 32.5. The monoisotopic (exact) mass is 236 g/mol. The molecule has 0 aromatic heterocycles. The molecule has 1 aliphatic heterocycles. The lowest BCUT2D eigenvalue weighted by atomic mass is 9.85. The van der Waals surface area contributed by atoms with Crippen molar-refractivity contribution in [3.63, 3.8) is 0 Å². The third-order valence-corrected chi connectivity index (χ3v) is 4.51. The first kappa shape index (κ1) is 13.1. The minimum Gasteiger partial charge on any atom is -0.310 e. The van der Waals surface area contributed by atoms with Crippen LogP contribution in [0.25, 0.3) is 0 Å². The molecular weight excluding hydrogens is 208 g/mol. The Morgan fingerprint density at radius 3 is 2.65 bits per heavy atom. The van der Waals surface area contributed by atoms with Gasteiger partial charge in [0.1, 0.15) is 0 Å². The van der Waals surface area contributed by atoms with Crippen molar-refractivity contribution >= 4 is 0 Å². The van der Waals surface area contributed by atoms with Crippen LogP contribution in [0.2, 0.25) is 0 Å². The summed E-state index contributed by atoms with van der Waals surface area (Å²) in [7, 11) is 0. The molecule has 2 rings (SSSR count). The van der Waals surface area contributed by atoms with E-state index in [0.29, 0.717) is 0 Å². The van der Waals surface area contributed by atoms with Crippen LogP contribution in [0.5, 0.6) is 0 Å². The van der Waals surface area contributed by atoms with Crippen molar-refractivity contribution in [3.05, 3.63) is 12.7 Å². The predicted octanol–water partition coefficient (Wildman–Crippen LogP) is 2.81. The highest BCUT2D eigenvalue weighted by Gasteiger charge is 2.27. The van der Waals surface area contributed by atoms with E-state index in [-0.39, 0.29) is 0 Å².